The molecular weight excluding hydrogens is 254 g/mol. The van der Waals surface area contributed by atoms with Crippen molar-refractivity contribution >= 4 is 10.8 Å². The molecule has 114 valence electrons. The van der Waals surface area contributed by atoms with Crippen molar-refractivity contribution < 1.29 is 0 Å². The van der Waals surface area contributed by atoms with Crippen molar-refractivity contribution in [2.24, 2.45) is 5.41 Å². The molecule has 2 rings (SSSR count). The van der Waals surface area contributed by atoms with E-state index in [0.29, 0.717) is 11.5 Å². The summed E-state index contributed by atoms with van der Waals surface area (Å²) in [6.45, 7) is 10.3. The summed E-state index contributed by atoms with van der Waals surface area (Å²) >= 11 is 0. The quantitative estimate of drug-likeness (QED) is 0.716. The number of benzene rings is 2. The van der Waals surface area contributed by atoms with Gasteiger partial charge in [-0.2, -0.15) is 0 Å². The average Bonchev–Trinajstić information content (AvgIpc) is 2.46. The largest absolute Gasteiger partial charge is 0.310 e. The first-order valence-electron chi connectivity index (χ1n) is 8.22. The molecule has 0 amide bonds. The first-order valence-corrected chi connectivity index (χ1v) is 8.22. The van der Waals surface area contributed by atoms with Crippen LogP contribution in [0.4, 0.5) is 0 Å². The molecule has 0 heterocycles. The maximum Gasteiger partial charge on any atom is 0.0320 e. The summed E-state index contributed by atoms with van der Waals surface area (Å²) in [5.74, 6) is 0. The Bertz CT molecular complexity index is 565. The van der Waals surface area contributed by atoms with Crippen LogP contribution < -0.4 is 5.32 Å². The smallest absolute Gasteiger partial charge is 0.0320 e. The van der Waals surface area contributed by atoms with Crippen LogP contribution in [-0.4, -0.2) is 6.54 Å². The number of fused-ring (bicyclic) bond motifs is 1. The van der Waals surface area contributed by atoms with Gasteiger partial charge in [-0.15, -0.1) is 0 Å². The van der Waals surface area contributed by atoms with Crippen molar-refractivity contribution in [1.82, 2.24) is 5.32 Å². The molecule has 21 heavy (non-hydrogen) atoms. The van der Waals surface area contributed by atoms with Crippen molar-refractivity contribution in [2.75, 3.05) is 6.54 Å². The van der Waals surface area contributed by atoms with Crippen LogP contribution in [0.1, 0.15) is 58.6 Å². The van der Waals surface area contributed by atoms with Crippen molar-refractivity contribution in [3.05, 3.63) is 48.0 Å². The van der Waals surface area contributed by atoms with Crippen LogP contribution in [0, 0.1) is 5.41 Å². The van der Waals surface area contributed by atoms with Gasteiger partial charge >= 0.3 is 0 Å². The van der Waals surface area contributed by atoms with E-state index in [9.17, 15) is 0 Å². The summed E-state index contributed by atoms with van der Waals surface area (Å²) in [5, 5.41) is 6.39. The Labute approximate surface area is 129 Å². The highest BCUT2D eigenvalue weighted by Crippen LogP contribution is 2.29. The zero-order valence-electron chi connectivity index (χ0n) is 13.9. The van der Waals surface area contributed by atoms with Crippen LogP contribution in [0.25, 0.3) is 10.8 Å². The first kappa shape index (κ1) is 16.0. The third-order valence-corrected chi connectivity index (χ3v) is 4.00. The monoisotopic (exact) mass is 283 g/mol. The molecule has 2 aromatic carbocycles. The summed E-state index contributed by atoms with van der Waals surface area (Å²) in [7, 11) is 0. The number of nitrogens with one attached hydrogen (secondary N) is 1. The molecular formula is C20H29N. The molecule has 1 heteroatoms. The molecule has 0 saturated heterocycles. The lowest BCUT2D eigenvalue weighted by molar-refractivity contribution is 0.332. The molecule has 2 aromatic rings. The normalized spacial score (nSPS) is 13.5. The van der Waals surface area contributed by atoms with E-state index in [1.54, 1.807) is 0 Å². The van der Waals surface area contributed by atoms with Crippen LogP contribution in [0.15, 0.2) is 42.5 Å². The molecule has 0 aliphatic heterocycles. The van der Waals surface area contributed by atoms with Crippen LogP contribution in [-0.2, 0) is 0 Å². The molecule has 1 unspecified atom stereocenters. The van der Waals surface area contributed by atoms with Crippen molar-refractivity contribution in [3.8, 4) is 0 Å². The van der Waals surface area contributed by atoms with Gasteiger partial charge in [0, 0.05) is 6.04 Å². The number of hydrogen-bond acceptors (Lipinski definition) is 1. The standard InChI is InChI=1S/C20H29N/c1-5-14-21-19(12-13-20(2,3)4)18-11-10-16-8-6-7-9-17(16)15-18/h6-11,15,19,21H,5,12-14H2,1-4H3. The van der Waals surface area contributed by atoms with Gasteiger partial charge in [-0.1, -0.05) is 64.1 Å². The van der Waals surface area contributed by atoms with Crippen molar-refractivity contribution in [3.63, 3.8) is 0 Å². The topological polar surface area (TPSA) is 12.0 Å². The van der Waals surface area contributed by atoms with E-state index in [1.807, 2.05) is 0 Å². The van der Waals surface area contributed by atoms with E-state index in [1.165, 1.54) is 35.6 Å². The Morgan fingerprint density at radius 1 is 1.00 bits per heavy atom. The summed E-state index contributed by atoms with van der Waals surface area (Å²) < 4.78 is 0. The van der Waals surface area contributed by atoms with Gasteiger partial charge in [-0.05, 0) is 53.6 Å². The summed E-state index contributed by atoms with van der Waals surface area (Å²) in [4.78, 5) is 0. The third kappa shape index (κ3) is 4.86. The van der Waals surface area contributed by atoms with Gasteiger partial charge in [-0.3, -0.25) is 0 Å². The van der Waals surface area contributed by atoms with Crippen molar-refractivity contribution in [1.29, 1.82) is 0 Å². The van der Waals surface area contributed by atoms with Crippen LogP contribution in [0.5, 0.6) is 0 Å². The van der Waals surface area contributed by atoms with Gasteiger partial charge in [0.2, 0.25) is 0 Å². The minimum Gasteiger partial charge on any atom is -0.310 e. The zero-order chi connectivity index (χ0) is 15.3. The first-order chi connectivity index (χ1) is 9.99. The maximum atomic E-state index is 3.72. The van der Waals surface area contributed by atoms with Gasteiger partial charge in [-0.25, -0.2) is 0 Å². The highest BCUT2D eigenvalue weighted by molar-refractivity contribution is 5.83. The second-order valence-corrected chi connectivity index (χ2v) is 7.21. The average molecular weight is 283 g/mol. The Balaban J connectivity index is 2.20. The molecule has 0 bridgehead atoms. The Hall–Kier alpha value is -1.34. The van der Waals surface area contributed by atoms with E-state index < -0.39 is 0 Å². The zero-order valence-corrected chi connectivity index (χ0v) is 13.9. The van der Waals surface area contributed by atoms with Gasteiger partial charge in [0.05, 0.1) is 0 Å². The van der Waals surface area contributed by atoms with Crippen LogP contribution >= 0.6 is 0 Å². The Morgan fingerprint density at radius 2 is 1.71 bits per heavy atom. The predicted octanol–water partition coefficient (Wildman–Crippen LogP) is 5.71. The SMILES string of the molecule is CCCNC(CCC(C)(C)C)c1ccc2ccccc2c1. The van der Waals surface area contributed by atoms with E-state index >= 15 is 0 Å². The lowest BCUT2D eigenvalue weighted by Crippen LogP contribution is -2.23. The highest BCUT2D eigenvalue weighted by Gasteiger charge is 2.16. The molecule has 0 spiro atoms. The fourth-order valence-electron chi connectivity index (χ4n) is 2.71. The predicted molar refractivity (Wildman–Crippen MR) is 93.7 cm³/mol. The molecule has 0 aliphatic rings. The lowest BCUT2D eigenvalue weighted by Gasteiger charge is -2.24. The molecule has 1 nitrogen and oxygen atoms in total. The van der Waals surface area contributed by atoms with E-state index in [-0.39, 0.29) is 0 Å². The molecule has 0 aliphatic carbocycles. The summed E-state index contributed by atoms with van der Waals surface area (Å²) in [5.41, 5.74) is 1.81. The van der Waals surface area contributed by atoms with E-state index in [4.69, 9.17) is 0 Å². The molecule has 0 fully saturated rings. The van der Waals surface area contributed by atoms with E-state index in [2.05, 4.69) is 75.5 Å². The minimum atomic E-state index is 0.392. The van der Waals surface area contributed by atoms with Gasteiger partial charge < -0.3 is 5.32 Å². The van der Waals surface area contributed by atoms with E-state index in [0.717, 1.165) is 6.54 Å². The van der Waals surface area contributed by atoms with Crippen molar-refractivity contribution in [2.45, 2.75) is 53.0 Å². The van der Waals surface area contributed by atoms with Gasteiger partial charge in [0.1, 0.15) is 0 Å². The molecule has 1 atom stereocenters. The minimum absolute atomic E-state index is 0.392. The van der Waals surface area contributed by atoms with Gasteiger partial charge in [0.25, 0.3) is 0 Å². The fraction of sp³-hybridized carbons (Fsp3) is 0.500. The van der Waals surface area contributed by atoms with Crippen LogP contribution in [0.2, 0.25) is 0 Å². The maximum absolute atomic E-state index is 3.72. The summed E-state index contributed by atoms with van der Waals surface area (Å²) in [6, 6.07) is 16.0. The fourth-order valence-corrected chi connectivity index (χ4v) is 2.71. The highest BCUT2D eigenvalue weighted by atomic mass is 14.9. The second-order valence-electron chi connectivity index (χ2n) is 7.21. The molecule has 1 N–H and O–H groups in total. The van der Waals surface area contributed by atoms with Gasteiger partial charge in [0.15, 0.2) is 0 Å². The molecule has 0 aromatic heterocycles. The third-order valence-electron chi connectivity index (χ3n) is 4.00. The molecule has 0 saturated carbocycles. The van der Waals surface area contributed by atoms with Crippen LogP contribution in [0.3, 0.4) is 0 Å². The number of hydrogen-bond donors (Lipinski definition) is 1. The second kappa shape index (κ2) is 7.09. The lowest BCUT2D eigenvalue weighted by atomic mass is 9.87. The summed E-state index contributed by atoms with van der Waals surface area (Å²) in [6.07, 6.45) is 3.61. The Morgan fingerprint density at radius 3 is 2.38 bits per heavy atom. The molecule has 0 radical (unpaired) electrons. The Kier molecular flexibility index (Phi) is 5.41. The number of rotatable bonds is 6.